The maximum atomic E-state index is 11.1. The summed E-state index contributed by atoms with van der Waals surface area (Å²) in [6.45, 7) is 0.736. The van der Waals surface area contributed by atoms with E-state index in [1.807, 2.05) is 48.5 Å². The monoisotopic (exact) mass is 454 g/mol. The van der Waals surface area contributed by atoms with Crippen molar-refractivity contribution in [3.8, 4) is 11.4 Å². The van der Waals surface area contributed by atoms with E-state index in [1.54, 1.807) is 18.6 Å². The molecule has 2 aliphatic rings. The molecule has 3 unspecified atom stereocenters. The SMILES string of the molecule is OC1CCN(C2CC2)C(c2nc(-c3ccnc(Nc4ccccc4)c3)nc3cnccc23)C1O. The molecule has 3 atom stereocenters. The molecule has 1 aliphatic carbocycles. The first-order valence-corrected chi connectivity index (χ1v) is 11.7. The van der Waals surface area contributed by atoms with Crippen molar-refractivity contribution in [2.45, 2.75) is 43.6 Å². The standard InChI is InChI=1S/C26H26N6O2/c33-21-10-13-32(18-6-7-18)24(25(21)34)23-19-9-11-27-15-20(19)30-26(31-23)16-8-12-28-22(14-16)29-17-4-2-1-3-5-17/h1-5,8-9,11-12,14-15,18,21,24-25,33-34H,6-7,10,13H2,(H,28,29). The Kier molecular flexibility index (Phi) is 5.41. The van der Waals surface area contributed by atoms with Crippen LogP contribution < -0.4 is 5.32 Å². The minimum Gasteiger partial charge on any atom is -0.390 e. The molecule has 6 rings (SSSR count). The summed E-state index contributed by atoms with van der Waals surface area (Å²) in [5.74, 6) is 1.23. The van der Waals surface area contributed by atoms with Crippen LogP contribution in [-0.2, 0) is 0 Å². The van der Waals surface area contributed by atoms with E-state index >= 15 is 0 Å². The predicted molar refractivity (Wildman–Crippen MR) is 129 cm³/mol. The number of aliphatic hydroxyl groups is 2. The van der Waals surface area contributed by atoms with Crippen LogP contribution in [-0.4, -0.2) is 59.8 Å². The molecular weight excluding hydrogens is 428 g/mol. The Labute approximate surface area is 197 Å². The largest absolute Gasteiger partial charge is 0.390 e. The van der Waals surface area contributed by atoms with Crippen LogP contribution in [0.3, 0.4) is 0 Å². The zero-order valence-electron chi connectivity index (χ0n) is 18.6. The van der Waals surface area contributed by atoms with Crippen LogP contribution in [0.15, 0.2) is 67.1 Å². The number of aromatic nitrogens is 4. The molecule has 0 bridgehead atoms. The molecule has 3 aromatic heterocycles. The van der Waals surface area contributed by atoms with Gasteiger partial charge in [-0.1, -0.05) is 18.2 Å². The second-order valence-electron chi connectivity index (χ2n) is 9.01. The van der Waals surface area contributed by atoms with Crippen LogP contribution in [0.4, 0.5) is 11.5 Å². The van der Waals surface area contributed by atoms with E-state index < -0.39 is 18.2 Å². The van der Waals surface area contributed by atoms with Gasteiger partial charge in [0.25, 0.3) is 0 Å². The summed E-state index contributed by atoms with van der Waals surface area (Å²) in [6, 6.07) is 15.6. The van der Waals surface area contributed by atoms with E-state index in [1.165, 1.54) is 0 Å². The van der Waals surface area contributed by atoms with Crippen LogP contribution in [0.1, 0.15) is 31.0 Å². The highest BCUT2D eigenvalue weighted by Crippen LogP contribution is 2.41. The summed E-state index contributed by atoms with van der Waals surface area (Å²) >= 11 is 0. The van der Waals surface area contributed by atoms with Crippen LogP contribution in [0, 0.1) is 0 Å². The molecule has 1 saturated heterocycles. The average molecular weight is 455 g/mol. The van der Waals surface area contributed by atoms with Gasteiger partial charge in [-0.05, 0) is 49.6 Å². The smallest absolute Gasteiger partial charge is 0.160 e. The zero-order chi connectivity index (χ0) is 23.1. The minimum atomic E-state index is -0.916. The van der Waals surface area contributed by atoms with Crippen molar-refractivity contribution in [1.29, 1.82) is 0 Å². The van der Waals surface area contributed by atoms with Gasteiger partial charge in [0, 0.05) is 41.6 Å². The Morgan fingerprint density at radius 1 is 0.941 bits per heavy atom. The number of hydrogen-bond acceptors (Lipinski definition) is 8. The summed E-state index contributed by atoms with van der Waals surface area (Å²) in [6.07, 6.45) is 6.25. The molecule has 172 valence electrons. The van der Waals surface area contributed by atoms with Crippen LogP contribution >= 0.6 is 0 Å². The highest BCUT2D eigenvalue weighted by molar-refractivity contribution is 5.82. The maximum absolute atomic E-state index is 11.1. The normalized spacial score (nSPS) is 23.2. The molecule has 1 aromatic carbocycles. The summed E-state index contributed by atoms with van der Waals surface area (Å²) in [4.78, 5) is 20.8. The Morgan fingerprint density at radius 2 is 1.79 bits per heavy atom. The van der Waals surface area contributed by atoms with Crippen molar-refractivity contribution in [1.82, 2.24) is 24.8 Å². The second kappa shape index (κ2) is 8.72. The molecule has 3 N–H and O–H groups in total. The first-order valence-electron chi connectivity index (χ1n) is 11.7. The third-order valence-corrected chi connectivity index (χ3v) is 6.65. The van der Waals surface area contributed by atoms with Gasteiger partial charge >= 0.3 is 0 Å². The Hall–Kier alpha value is -3.46. The fourth-order valence-corrected chi connectivity index (χ4v) is 4.80. The molecule has 4 heterocycles. The Morgan fingerprint density at radius 3 is 2.62 bits per heavy atom. The van der Waals surface area contributed by atoms with Crippen molar-refractivity contribution in [2.24, 2.45) is 0 Å². The lowest BCUT2D eigenvalue weighted by Gasteiger charge is -2.41. The van der Waals surface area contributed by atoms with Gasteiger partial charge in [-0.3, -0.25) is 9.88 Å². The number of aliphatic hydroxyl groups excluding tert-OH is 2. The lowest BCUT2D eigenvalue weighted by Crippen LogP contribution is -2.50. The number of likely N-dealkylation sites (tertiary alicyclic amines) is 1. The Bertz CT molecular complexity index is 1310. The summed E-state index contributed by atoms with van der Waals surface area (Å²) in [7, 11) is 0. The molecule has 0 amide bonds. The molecule has 0 radical (unpaired) electrons. The number of anilines is 2. The summed E-state index contributed by atoms with van der Waals surface area (Å²) in [5, 5.41) is 25.8. The lowest BCUT2D eigenvalue weighted by molar-refractivity contribution is -0.0812. The number of para-hydroxylation sites is 1. The molecule has 4 aromatic rings. The molecule has 34 heavy (non-hydrogen) atoms. The molecule has 8 heteroatoms. The van der Waals surface area contributed by atoms with Crippen LogP contribution in [0.25, 0.3) is 22.3 Å². The van der Waals surface area contributed by atoms with E-state index in [2.05, 4.69) is 20.2 Å². The minimum absolute atomic E-state index is 0.397. The number of nitrogens with one attached hydrogen (secondary N) is 1. The van der Waals surface area contributed by atoms with Gasteiger partial charge in [0.2, 0.25) is 0 Å². The third-order valence-electron chi connectivity index (χ3n) is 6.65. The number of fused-ring (bicyclic) bond motifs is 1. The fourth-order valence-electron chi connectivity index (χ4n) is 4.80. The van der Waals surface area contributed by atoms with E-state index in [4.69, 9.17) is 9.97 Å². The van der Waals surface area contributed by atoms with E-state index in [9.17, 15) is 10.2 Å². The summed E-state index contributed by atoms with van der Waals surface area (Å²) in [5.41, 5.74) is 3.19. The quantitative estimate of drug-likeness (QED) is 0.421. The van der Waals surface area contributed by atoms with Crippen molar-refractivity contribution >= 4 is 22.4 Å². The van der Waals surface area contributed by atoms with Gasteiger partial charge in [-0.2, -0.15) is 0 Å². The number of hydrogen-bond donors (Lipinski definition) is 3. The Balaban J connectivity index is 1.44. The number of pyridine rings is 2. The van der Waals surface area contributed by atoms with Gasteiger partial charge < -0.3 is 15.5 Å². The van der Waals surface area contributed by atoms with Crippen molar-refractivity contribution in [3.63, 3.8) is 0 Å². The molecule has 2 fully saturated rings. The van der Waals surface area contributed by atoms with Gasteiger partial charge in [0.05, 0.1) is 29.6 Å². The van der Waals surface area contributed by atoms with E-state index in [0.717, 1.165) is 41.7 Å². The first-order chi connectivity index (χ1) is 16.7. The highest BCUT2D eigenvalue weighted by atomic mass is 16.3. The van der Waals surface area contributed by atoms with Gasteiger partial charge in [0.1, 0.15) is 11.9 Å². The number of nitrogens with zero attached hydrogens (tertiary/aromatic N) is 5. The molecule has 1 aliphatic heterocycles. The highest BCUT2D eigenvalue weighted by Gasteiger charge is 2.44. The van der Waals surface area contributed by atoms with Crippen molar-refractivity contribution < 1.29 is 10.2 Å². The molecule has 0 spiro atoms. The molecule has 8 nitrogen and oxygen atoms in total. The fraction of sp³-hybridized carbons (Fsp3) is 0.308. The second-order valence-corrected chi connectivity index (χ2v) is 9.01. The predicted octanol–water partition coefficient (Wildman–Crippen LogP) is 3.46. The number of piperidine rings is 1. The molecular formula is C26H26N6O2. The number of rotatable bonds is 5. The van der Waals surface area contributed by atoms with Crippen molar-refractivity contribution in [2.75, 3.05) is 11.9 Å². The van der Waals surface area contributed by atoms with Gasteiger partial charge in [0.15, 0.2) is 5.82 Å². The number of benzene rings is 1. The maximum Gasteiger partial charge on any atom is 0.160 e. The first kappa shape index (κ1) is 21.1. The average Bonchev–Trinajstić information content (AvgIpc) is 3.71. The van der Waals surface area contributed by atoms with Crippen LogP contribution in [0.5, 0.6) is 0 Å². The lowest BCUT2D eigenvalue weighted by atomic mass is 9.91. The third kappa shape index (κ3) is 4.00. The van der Waals surface area contributed by atoms with Crippen molar-refractivity contribution in [3.05, 3.63) is 72.8 Å². The van der Waals surface area contributed by atoms with Gasteiger partial charge in [-0.25, -0.2) is 15.0 Å². The van der Waals surface area contributed by atoms with Gasteiger partial charge in [-0.15, -0.1) is 0 Å². The van der Waals surface area contributed by atoms with E-state index in [-0.39, 0.29) is 0 Å². The molecule has 1 saturated carbocycles. The van der Waals surface area contributed by atoms with Crippen LogP contribution in [0.2, 0.25) is 0 Å². The zero-order valence-corrected chi connectivity index (χ0v) is 18.6. The van der Waals surface area contributed by atoms with E-state index in [0.29, 0.717) is 29.6 Å². The topological polar surface area (TPSA) is 107 Å². The summed E-state index contributed by atoms with van der Waals surface area (Å²) < 4.78 is 0.